The Kier molecular flexibility index (Phi) is 6.60. The number of carbonyl (C=O) groups excluding carboxylic acids is 2. The minimum absolute atomic E-state index is 0.286. The van der Waals surface area contributed by atoms with Gasteiger partial charge in [0.05, 0.1) is 15.6 Å². The fourth-order valence-electron chi connectivity index (χ4n) is 3.18. The zero-order valence-corrected chi connectivity index (χ0v) is 19.2. The lowest BCUT2D eigenvalue weighted by atomic mass is 10.1. The maximum atomic E-state index is 13.2. The number of hydrogen-bond acceptors (Lipinski definition) is 4. The van der Waals surface area contributed by atoms with Crippen LogP contribution in [-0.2, 0) is 7.05 Å². The predicted molar refractivity (Wildman–Crippen MR) is 128 cm³/mol. The average Bonchev–Trinajstić information content (AvgIpc) is 3.46. The number of nitrogens with one attached hydrogen (secondary N) is 2. The second kappa shape index (κ2) is 9.56. The van der Waals surface area contributed by atoms with Gasteiger partial charge in [-0.15, -0.1) is 11.3 Å². The van der Waals surface area contributed by atoms with Crippen molar-refractivity contribution >= 4 is 52.0 Å². The molecule has 1 atom stereocenters. The molecule has 32 heavy (non-hydrogen) atoms. The third-order valence-electron chi connectivity index (χ3n) is 4.82. The van der Waals surface area contributed by atoms with E-state index in [0.29, 0.717) is 32.0 Å². The van der Waals surface area contributed by atoms with Gasteiger partial charge in [0, 0.05) is 30.0 Å². The number of imidazole rings is 1. The molecule has 0 saturated carbocycles. The second-order valence-corrected chi connectivity index (χ2v) is 8.77. The summed E-state index contributed by atoms with van der Waals surface area (Å²) in [5, 5.41) is 8.54. The van der Waals surface area contributed by atoms with Crippen molar-refractivity contribution in [2.45, 2.75) is 6.04 Å². The van der Waals surface area contributed by atoms with Gasteiger partial charge in [-0.05, 0) is 47.3 Å². The molecule has 0 spiro atoms. The Morgan fingerprint density at radius 3 is 2.50 bits per heavy atom. The number of amides is 2. The van der Waals surface area contributed by atoms with Gasteiger partial charge >= 0.3 is 0 Å². The van der Waals surface area contributed by atoms with Crippen molar-refractivity contribution in [2.24, 2.45) is 7.05 Å². The van der Waals surface area contributed by atoms with Crippen LogP contribution in [0.3, 0.4) is 0 Å². The van der Waals surface area contributed by atoms with Gasteiger partial charge in [0.25, 0.3) is 11.8 Å². The van der Waals surface area contributed by atoms with E-state index < -0.39 is 6.04 Å². The Bertz CT molecular complexity index is 1250. The Labute approximate surface area is 198 Å². The molecule has 2 amide bonds. The summed E-state index contributed by atoms with van der Waals surface area (Å²) in [4.78, 5) is 30.5. The molecule has 0 saturated heterocycles. The van der Waals surface area contributed by atoms with Gasteiger partial charge in [0.2, 0.25) is 0 Å². The summed E-state index contributed by atoms with van der Waals surface area (Å²) in [6.07, 6.45) is 3.48. The Morgan fingerprint density at radius 2 is 1.84 bits per heavy atom. The molecule has 2 N–H and O–H groups in total. The van der Waals surface area contributed by atoms with Crippen LogP contribution in [-0.4, -0.2) is 21.4 Å². The summed E-state index contributed by atoms with van der Waals surface area (Å²) in [6, 6.07) is 15.0. The van der Waals surface area contributed by atoms with Gasteiger partial charge in [0.15, 0.2) is 0 Å². The van der Waals surface area contributed by atoms with Crippen LogP contribution >= 0.6 is 34.5 Å². The smallest absolute Gasteiger partial charge is 0.265 e. The number of nitrogens with zero attached hydrogens (tertiary/aromatic N) is 2. The lowest BCUT2D eigenvalue weighted by Crippen LogP contribution is -2.31. The fraction of sp³-hybridized carbons (Fsp3) is 0.0870. The minimum Gasteiger partial charge on any atom is -0.338 e. The molecule has 0 unspecified atom stereocenters. The number of carbonyl (C=O) groups is 2. The standard InChI is InChI=1S/C23H18Cl2N4O2S/c1-29-11-10-26-21(29)20(14-4-7-16(24)8-5-14)28-22(30)15-6-9-17(25)18(13-15)27-23(31)19-3-2-12-32-19/h2-13,20H,1H3,(H,27,31)(H,28,30)/t20-/m1/s1. The Hall–Kier alpha value is -3.13. The monoisotopic (exact) mass is 484 g/mol. The third kappa shape index (κ3) is 4.85. The van der Waals surface area contributed by atoms with Crippen molar-refractivity contribution in [1.82, 2.24) is 14.9 Å². The highest BCUT2D eigenvalue weighted by atomic mass is 35.5. The predicted octanol–water partition coefficient (Wildman–Crippen LogP) is 5.56. The van der Waals surface area contributed by atoms with E-state index in [-0.39, 0.29) is 11.8 Å². The SMILES string of the molecule is Cn1ccnc1[C@H](NC(=O)c1ccc(Cl)c(NC(=O)c2cccs2)c1)c1ccc(Cl)cc1. The molecule has 2 aromatic heterocycles. The number of anilines is 1. The van der Waals surface area contributed by atoms with Gasteiger partial charge in [0.1, 0.15) is 11.9 Å². The summed E-state index contributed by atoms with van der Waals surface area (Å²) in [6.45, 7) is 0. The van der Waals surface area contributed by atoms with E-state index in [1.165, 1.54) is 11.3 Å². The molecule has 6 nitrogen and oxygen atoms in total. The molecule has 0 aliphatic rings. The van der Waals surface area contributed by atoms with Crippen molar-refractivity contribution in [3.8, 4) is 0 Å². The number of hydrogen-bond donors (Lipinski definition) is 2. The highest BCUT2D eigenvalue weighted by molar-refractivity contribution is 7.12. The van der Waals surface area contributed by atoms with Crippen molar-refractivity contribution in [2.75, 3.05) is 5.32 Å². The van der Waals surface area contributed by atoms with Crippen LogP contribution < -0.4 is 10.6 Å². The molecular formula is C23H18Cl2N4O2S. The first-order valence-electron chi connectivity index (χ1n) is 9.60. The molecule has 4 rings (SSSR count). The molecular weight excluding hydrogens is 467 g/mol. The third-order valence-corrected chi connectivity index (χ3v) is 6.27. The summed E-state index contributed by atoms with van der Waals surface area (Å²) in [5.41, 5.74) is 1.54. The van der Waals surface area contributed by atoms with E-state index in [2.05, 4.69) is 15.6 Å². The van der Waals surface area contributed by atoms with E-state index in [4.69, 9.17) is 23.2 Å². The van der Waals surface area contributed by atoms with Gasteiger partial charge < -0.3 is 15.2 Å². The number of aromatic nitrogens is 2. The first-order valence-corrected chi connectivity index (χ1v) is 11.2. The number of rotatable bonds is 6. The topological polar surface area (TPSA) is 76.0 Å². The van der Waals surface area contributed by atoms with Crippen molar-refractivity contribution in [3.63, 3.8) is 0 Å². The van der Waals surface area contributed by atoms with Crippen LogP contribution in [0.2, 0.25) is 10.0 Å². The molecule has 0 aliphatic carbocycles. The van der Waals surface area contributed by atoms with Crippen molar-refractivity contribution in [3.05, 3.63) is 104 Å². The van der Waals surface area contributed by atoms with E-state index in [0.717, 1.165) is 5.56 Å². The maximum absolute atomic E-state index is 13.2. The molecule has 2 heterocycles. The molecule has 4 aromatic rings. The van der Waals surface area contributed by atoms with Gasteiger partial charge in [-0.1, -0.05) is 41.4 Å². The number of halogens is 2. The summed E-state index contributed by atoms with van der Waals surface area (Å²) >= 11 is 13.6. The van der Waals surface area contributed by atoms with Crippen molar-refractivity contribution < 1.29 is 9.59 Å². The maximum Gasteiger partial charge on any atom is 0.265 e. The van der Waals surface area contributed by atoms with E-state index >= 15 is 0 Å². The molecule has 162 valence electrons. The van der Waals surface area contributed by atoms with Gasteiger partial charge in [-0.2, -0.15) is 0 Å². The number of benzene rings is 2. The van der Waals surface area contributed by atoms with E-state index in [9.17, 15) is 9.59 Å². The average molecular weight is 485 g/mol. The largest absolute Gasteiger partial charge is 0.338 e. The second-order valence-electron chi connectivity index (χ2n) is 6.98. The summed E-state index contributed by atoms with van der Waals surface area (Å²) < 4.78 is 1.84. The van der Waals surface area contributed by atoms with Crippen molar-refractivity contribution in [1.29, 1.82) is 0 Å². The van der Waals surface area contributed by atoms with Crippen LogP contribution in [0.5, 0.6) is 0 Å². The quantitative estimate of drug-likeness (QED) is 0.376. The highest BCUT2D eigenvalue weighted by Crippen LogP contribution is 2.26. The summed E-state index contributed by atoms with van der Waals surface area (Å²) in [7, 11) is 1.86. The molecule has 0 fully saturated rings. The molecule has 0 radical (unpaired) electrons. The molecule has 2 aromatic carbocycles. The summed E-state index contributed by atoms with van der Waals surface area (Å²) in [5.74, 6) is 0.0450. The highest BCUT2D eigenvalue weighted by Gasteiger charge is 2.22. The van der Waals surface area contributed by atoms with Crippen LogP contribution in [0.25, 0.3) is 0 Å². The van der Waals surface area contributed by atoms with Crippen LogP contribution in [0.1, 0.15) is 37.5 Å². The number of aryl methyl sites for hydroxylation is 1. The zero-order valence-electron chi connectivity index (χ0n) is 16.9. The molecule has 9 heteroatoms. The number of thiophene rings is 1. The fourth-order valence-corrected chi connectivity index (χ4v) is 4.09. The van der Waals surface area contributed by atoms with E-state index in [1.54, 1.807) is 48.7 Å². The Morgan fingerprint density at radius 1 is 1.06 bits per heavy atom. The van der Waals surface area contributed by atoms with Crippen LogP contribution in [0.4, 0.5) is 5.69 Å². The van der Waals surface area contributed by atoms with Crippen LogP contribution in [0.15, 0.2) is 72.4 Å². The van der Waals surface area contributed by atoms with Crippen LogP contribution in [0, 0.1) is 0 Å². The normalized spacial score (nSPS) is 11.7. The first-order chi connectivity index (χ1) is 15.4. The molecule has 0 bridgehead atoms. The first kappa shape index (κ1) is 22.1. The Balaban J connectivity index is 1.60. The zero-order chi connectivity index (χ0) is 22.7. The minimum atomic E-state index is -0.500. The lowest BCUT2D eigenvalue weighted by Gasteiger charge is -2.20. The lowest BCUT2D eigenvalue weighted by molar-refractivity contribution is 0.0940. The van der Waals surface area contributed by atoms with Gasteiger partial charge in [-0.25, -0.2) is 4.98 Å². The molecule has 0 aliphatic heterocycles. The van der Waals surface area contributed by atoms with E-state index in [1.807, 2.05) is 35.3 Å². The van der Waals surface area contributed by atoms with Gasteiger partial charge in [-0.3, -0.25) is 9.59 Å².